The number of benzene rings is 1. The normalized spacial score (nSPS) is 10.5. The number of hydrogen-bond donors (Lipinski definition) is 1. The maximum atomic E-state index is 5.64. The Balaban J connectivity index is 2.13. The molecule has 90 valence electrons. The summed E-state index contributed by atoms with van der Waals surface area (Å²) < 4.78 is 11.7. The number of aryl methyl sites for hydroxylation is 1. The molecule has 2 aromatic rings. The minimum Gasteiger partial charge on any atom is -0.482 e. The highest BCUT2D eigenvalue weighted by Gasteiger charge is 2.09. The molecule has 0 fully saturated rings. The Morgan fingerprint density at radius 3 is 2.88 bits per heavy atom. The zero-order valence-electron chi connectivity index (χ0n) is 9.31. The lowest BCUT2D eigenvalue weighted by Gasteiger charge is -2.10. The van der Waals surface area contributed by atoms with E-state index in [1.807, 2.05) is 18.2 Å². The number of para-hydroxylation sites is 1. The second-order valence-corrected chi connectivity index (χ2v) is 4.29. The molecular weight excluding hydrogens is 286 g/mol. The van der Waals surface area contributed by atoms with E-state index >= 15 is 0 Å². The Morgan fingerprint density at radius 1 is 1.41 bits per heavy atom. The molecule has 6 heteroatoms. The van der Waals surface area contributed by atoms with Gasteiger partial charge in [0, 0.05) is 19.0 Å². The highest BCUT2D eigenvalue weighted by molar-refractivity contribution is 9.10. The number of aromatic nitrogens is 2. The maximum absolute atomic E-state index is 5.64. The molecule has 2 N–H and O–H groups in total. The summed E-state index contributed by atoms with van der Waals surface area (Å²) in [6.45, 7) is 2.38. The van der Waals surface area contributed by atoms with Crippen LogP contribution in [0.1, 0.15) is 17.3 Å². The van der Waals surface area contributed by atoms with Gasteiger partial charge in [0.2, 0.25) is 5.89 Å². The molecule has 0 spiro atoms. The van der Waals surface area contributed by atoms with Crippen LogP contribution in [0.5, 0.6) is 5.75 Å². The first-order chi connectivity index (χ1) is 8.20. The lowest BCUT2D eigenvalue weighted by atomic mass is 10.2. The average Bonchev–Trinajstić information content (AvgIpc) is 2.73. The molecular formula is C11H12BrN3O2. The number of ether oxygens (including phenoxy) is 1. The second-order valence-electron chi connectivity index (χ2n) is 3.44. The minimum absolute atomic E-state index is 0.233. The molecule has 0 amide bonds. The quantitative estimate of drug-likeness (QED) is 0.936. The summed E-state index contributed by atoms with van der Waals surface area (Å²) >= 11 is 3.42. The number of nitrogens with two attached hydrogens (primary N) is 1. The summed E-state index contributed by atoms with van der Waals surface area (Å²) in [5.74, 6) is 1.68. The Kier molecular flexibility index (Phi) is 3.75. The van der Waals surface area contributed by atoms with Crippen LogP contribution < -0.4 is 10.5 Å². The van der Waals surface area contributed by atoms with Crippen LogP contribution in [-0.4, -0.2) is 10.2 Å². The molecule has 1 aromatic carbocycles. The van der Waals surface area contributed by atoms with Gasteiger partial charge < -0.3 is 14.9 Å². The Labute approximate surface area is 107 Å². The fourth-order valence-corrected chi connectivity index (χ4v) is 1.93. The molecule has 1 aromatic heterocycles. The van der Waals surface area contributed by atoms with E-state index in [2.05, 4.69) is 26.1 Å². The molecule has 0 saturated carbocycles. The van der Waals surface area contributed by atoms with E-state index in [1.54, 1.807) is 6.92 Å². The first kappa shape index (κ1) is 12.1. The molecule has 17 heavy (non-hydrogen) atoms. The van der Waals surface area contributed by atoms with Crippen molar-refractivity contribution in [1.29, 1.82) is 0 Å². The number of rotatable bonds is 4. The van der Waals surface area contributed by atoms with Crippen molar-refractivity contribution >= 4 is 15.9 Å². The Hall–Kier alpha value is -1.40. The van der Waals surface area contributed by atoms with E-state index in [0.29, 0.717) is 24.1 Å². The first-order valence-electron chi connectivity index (χ1n) is 5.10. The highest BCUT2D eigenvalue weighted by atomic mass is 79.9. The van der Waals surface area contributed by atoms with Crippen molar-refractivity contribution in [3.63, 3.8) is 0 Å². The SMILES string of the molecule is Cc1nnc(COc2c(Br)cccc2CN)o1. The summed E-state index contributed by atoms with van der Waals surface area (Å²) in [5.41, 5.74) is 6.57. The van der Waals surface area contributed by atoms with E-state index in [0.717, 1.165) is 10.0 Å². The van der Waals surface area contributed by atoms with E-state index in [4.69, 9.17) is 14.9 Å². The van der Waals surface area contributed by atoms with Crippen LogP contribution in [0.3, 0.4) is 0 Å². The molecule has 0 atom stereocenters. The monoisotopic (exact) mass is 297 g/mol. The zero-order chi connectivity index (χ0) is 12.3. The van der Waals surface area contributed by atoms with Crippen LogP contribution in [0, 0.1) is 6.92 Å². The van der Waals surface area contributed by atoms with Gasteiger partial charge in [-0.15, -0.1) is 10.2 Å². The molecule has 2 rings (SSSR count). The fraction of sp³-hybridized carbons (Fsp3) is 0.273. The van der Waals surface area contributed by atoms with Crippen molar-refractivity contribution in [3.05, 3.63) is 40.0 Å². The van der Waals surface area contributed by atoms with Gasteiger partial charge in [-0.3, -0.25) is 0 Å². The predicted octanol–water partition coefficient (Wildman–Crippen LogP) is 2.18. The Bertz CT molecular complexity index is 513. The maximum Gasteiger partial charge on any atom is 0.253 e. The molecule has 0 bridgehead atoms. The van der Waals surface area contributed by atoms with Crippen molar-refractivity contribution in [2.75, 3.05) is 0 Å². The van der Waals surface area contributed by atoms with Gasteiger partial charge in [-0.25, -0.2) is 0 Å². The van der Waals surface area contributed by atoms with E-state index in [-0.39, 0.29) is 6.61 Å². The summed E-state index contributed by atoms with van der Waals surface area (Å²) in [7, 11) is 0. The minimum atomic E-state index is 0.233. The van der Waals surface area contributed by atoms with E-state index in [1.165, 1.54) is 0 Å². The summed E-state index contributed by atoms with van der Waals surface area (Å²) in [4.78, 5) is 0. The molecule has 5 nitrogen and oxygen atoms in total. The standard InChI is InChI=1S/C11H12BrN3O2/c1-7-14-15-10(17-7)6-16-11-8(5-13)3-2-4-9(11)12/h2-4H,5-6,13H2,1H3. The van der Waals surface area contributed by atoms with Gasteiger partial charge in [-0.1, -0.05) is 12.1 Å². The van der Waals surface area contributed by atoms with Crippen LogP contribution >= 0.6 is 15.9 Å². The molecule has 1 heterocycles. The topological polar surface area (TPSA) is 74.2 Å². The van der Waals surface area contributed by atoms with Crippen LogP contribution in [0.4, 0.5) is 0 Å². The number of halogens is 1. The van der Waals surface area contributed by atoms with Crippen LogP contribution in [0.2, 0.25) is 0 Å². The van der Waals surface area contributed by atoms with Crippen LogP contribution in [0.25, 0.3) is 0 Å². The molecule has 0 saturated heterocycles. The number of hydrogen-bond acceptors (Lipinski definition) is 5. The molecule has 0 radical (unpaired) electrons. The van der Waals surface area contributed by atoms with Crippen molar-refractivity contribution in [3.8, 4) is 5.75 Å². The average molecular weight is 298 g/mol. The number of nitrogens with zero attached hydrogens (tertiary/aromatic N) is 2. The zero-order valence-corrected chi connectivity index (χ0v) is 10.9. The first-order valence-corrected chi connectivity index (χ1v) is 5.89. The van der Waals surface area contributed by atoms with Crippen molar-refractivity contribution < 1.29 is 9.15 Å². The van der Waals surface area contributed by atoms with Crippen LogP contribution in [0.15, 0.2) is 27.1 Å². The van der Waals surface area contributed by atoms with Crippen molar-refractivity contribution in [2.45, 2.75) is 20.1 Å². The van der Waals surface area contributed by atoms with Gasteiger partial charge in [-0.05, 0) is 22.0 Å². The third-order valence-corrected chi connectivity index (χ3v) is 2.80. The van der Waals surface area contributed by atoms with Crippen molar-refractivity contribution in [1.82, 2.24) is 10.2 Å². The fourth-order valence-electron chi connectivity index (χ4n) is 1.41. The molecule has 0 aliphatic rings. The molecule has 0 aliphatic carbocycles. The van der Waals surface area contributed by atoms with Gasteiger partial charge in [-0.2, -0.15) is 0 Å². The van der Waals surface area contributed by atoms with Gasteiger partial charge >= 0.3 is 0 Å². The lowest BCUT2D eigenvalue weighted by molar-refractivity contribution is 0.256. The third-order valence-electron chi connectivity index (χ3n) is 2.18. The molecule has 0 aliphatic heterocycles. The van der Waals surface area contributed by atoms with Gasteiger partial charge in [0.05, 0.1) is 4.47 Å². The second kappa shape index (κ2) is 5.29. The largest absolute Gasteiger partial charge is 0.482 e. The van der Waals surface area contributed by atoms with E-state index in [9.17, 15) is 0 Å². The summed E-state index contributed by atoms with van der Waals surface area (Å²) in [6, 6.07) is 5.72. The van der Waals surface area contributed by atoms with Gasteiger partial charge in [0.15, 0.2) is 6.61 Å². The molecule has 0 unspecified atom stereocenters. The van der Waals surface area contributed by atoms with Gasteiger partial charge in [0.1, 0.15) is 5.75 Å². The third kappa shape index (κ3) is 2.83. The Morgan fingerprint density at radius 2 is 2.24 bits per heavy atom. The smallest absolute Gasteiger partial charge is 0.253 e. The highest BCUT2D eigenvalue weighted by Crippen LogP contribution is 2.29. The predicted molar refractivity (Wildman–Crippen MR) is 65.4 cm³/mol. The van der Waals surface area contributed by atoms with Gasteiger partial charge in [0.25, 0.3) is 5.89 Å². The van der Waals surface area contributed by atoms with E-state index < -0.39 is 0 Å². The summed E-state index contributed by atoms with van der Waals surface area (Å²) in [5, 5.41) is 7.59. The lowest BCUT2D eigenvalue weighted by Crippen LogP contribution is -2.03. The summed E-state index contributed by atoms with van der Waals surface area (Å²) in [6.07, 6.45) is 0. The van der Waals surface area contributed by atoms with Crippen molar-refractivity contribution in [2.24, 2.45) is 5.73 Å². The van der Waals surface area contributed by atoms with Crippen LogP contribution in [-0.2, 0) is 13.2 Å².